The van der Waals surface area contributed by atoms with E-state index in [9.17, 15) is 19.2 Å². The highest BCUT2D eigenvalue weighted by Crippen LogP contribution is 2.39. The van der Waals surface area contributed by atoms with Crippen molar-refractivity contribution in [2.24, 2.45) is 5.92 Å². The van der Waals surface area contributed by atoms with Crippen molar-refractivity contribution in [3.63, 3.8) is 0 Å². The maximum atomic E-state index is 13.1. The van der Waals surface area contributed by atoms with Crippen LogP contribution in [0.4, 0.5) is 4.79 Å². The SMILES string of the molecule is CN1C(=O)N(CC(=O)N2CCCC(C(=O)NC3CC3)C2)C(=O)C12CCCCC2. The molecule has 2 heterocycles. The van der Waals surface area contributed by atoms with E-state index in [1.165, 1.54) is 0 Å². The van der Waals surface area contributed by atoms with Gasteiger partial charge in [0.05, 0.1) is 5.92 Å². The number of likely N-dealkylation sites (N-methyl/N-ethyl adjacent to an activating group) is 1. The zero-order valence-electron chi connectivity index (χ0n) is 16.6. The van der Waals surface area contributed by atoms with E-state index >= 15 is 0 Å². The maximum Gasteiger partial charge on any atom is 0.327 e. The summed E-state index contributed by atoms with van der Waals surface area (Å²) in [6.45, 7) is 0.721. The normalized spacial score (nSPS) is 27.5. The molecule has 1 atom stereocenters. The largest absolute Gasteiger partial charge is 0.353 e. The van der Waals surface area contributed by atoms with Gasteiger partial charge in [0.15, 0.2) is 0 Å². The molecule has 2 aliphatic carbocycles. The molecule has 1 unspecified atom stereocenters. The number of nitrogens with zero attached hydrogens (tertiary/aromatic N) is 3. The van der Waals surface area contributed by atoms with Crippen LogP contribution in [0.5, 0.6) is 0 Å². The number of hydrogen-bond donors (Lipinski definition) is 1. The van der Waals surface area contributed by atoms with E-state index in [1.807, 2.05) is 0 Å². The second-order valence-corrected chi connectivity index (χ2v) is 8.79. The number of urea groups is 1. The minimum absolute atomic E-state index is 0.0224. The summed E-state index contributed by atoms with van der Waals surface area (Å²) in [6, 6.07) is -0.0686. The third-order valence-corrected chi connectivity index (χ3v) is 6.85. The van der Waals surface area contributed by atoms with Crippen LogP contribution in [0.3, 0.4) is 0 Å². The zero-order valence-corrected chi connectivity index (χ0v) is 16.6. The standard InChI is InChI=1S/C20H30N4O4/c1-22-19(28)24(18(27)20(22)9-3-2-4-10-20)13-16(25)23-11-5-6-14(12-23)17(26)21-15-7-8-15/h14-15H,2-13H2,1H3,(H,21,26). The first-order valence-electron chi connectivity index (χ1n) is 10.6. The molecule has 0 bridgehead atoms. The van der Waals surface area contributed by atoms with Crippen LogP contribution in [0.25, 0.3) is 0 Å². The second kappa shape index (κ2) is 7.37. The predicted molar refractivity (Wildman–Crippen MR) is 101 cm³/mol. The number of piperidine rings is 1. The Bertz CT molecular complexity index is 684. The van der Waals surface area contributed by atoms with Crippen molar-refractivity contribution in [3.05, 3.63) is 0 Å². The van der Waals surface area contributed by atoms with E-state index in [1.54, 1.807) is 16.8 Å². The number of hydrogen-bond acceptors (Lipinski definition) is 4. The smallest absolute Gasteiger partial charge is 0.327 e. The molecule has 8 heteroatoms. The molecule has 4 fully saturated rings. The first-order chi connectivity index (χ1) is 13.4. The molecule has 0 radical (unpaired) electrons. The Balaban J connectivity index is 1.39. The molecule has 0 aromatic rings. The summed E-state index contributed by atoms with van der Waals surface area (Å²) in [5.74, 6) is -0.648. The van der Waals surface area contributed by atoms with Crippen LogP contribution < -0.4 is 5.32 Å². The van der Waals surface area contributed by atoms with Crippen molar-refractivity contribution in [1.29, 1.82) is 0 Å². The van der Waals surface area contributed by atoms with Crippen molar-refractivity contribution in [2.75, 3.05) is 26.7 Å². The van der Waals surface area contributed by atoms with E-state index in [-0.39, 0.29) is 36.2 Å². The fraction of sp³-hybridized carbons (Fsp3) is 0.800. The molecule has 2 saturated heterocycles. The number of nitrogens with one attached hydrogen (secondary N) is 1. The summed E-state index contributed by atoms with van der Waals surface area (Å²) in [4.78, 5) is 55.3. The van der Waals surface area contributed by atoms with E-state index in [4.69, 9.17) is 0 Å². The predicted octanol–water partition coefficient (Wildman–Crippen LogP) is 1.10. The summed E-state index contributed by atoms with van der Waals surface area (Å²) >= 11 is 0. The molecular formula is C20H30N4O4. The average molecular weight is 390 g/mol. The van der Waals surface area contributed by atoms with Gasteiger partial charge in [0, 0.05) is 26.2 Å². The third-order valence-electron chi connectivity index (χ3n) is 6.85. The van der Waals surface area contributed by atoms with Gasteiger partial charge in [-0.1, -0.05) is 19.3 Å². The summed E-state index contributed by atoms with van der Waals surface area (Å²) < 4.78 is 0. The number of carbonyl (C=O) groups is 4. The topological polar surface area (TPSA) is 90.0 Å². The van der Waals surface area contributed by atoms with Crippen molar-refractivity contribution in [3.8, 4) is 0 Å². The van der Waals surface area contributed by atoms with Gasteiger partial charge in [-0.2, -0.15) is 0 Å². The molecule has 4 aliphatic rings. The summed E-state index contributed by atoms with van der Waals surface area (Å²) in [6.07, 6.45) is 7.89. The molecule has 1 N–H and O–H groups in total. The molecule has 5 amide bonds. The minimum atomic E-state index is -0.760. The number of carbonyl (C=O) groups excluding carboxylic acids is 4. The lowest BCUT2D eigenvalue weighted by Gasteiger charge is -2.36. The fourth-order valence-corrected chi connectivity index (χ4v) is 4.87. The number of likely N-dealkylation sites (tertiary alicyclic amines) is 1. The van der Waals surface area contributed by atoms with Crippen molar-refractivity contribution < 1.29 is 19.2 Å². The highest BCUT2D eigenvalue weighted by atomic mass is 16.2. The summed E-state index contributed by atoms with van der Waals surface area (Å²) in [7, 11) is 1.68. The first kappa shape index (κ1) is 19.2. The van der Waals surface area contributed by atoms with Crippen LogP contribution in [0.15, 0.2) is 0 Å². The Morgan fingerprint density at radius 2 is 1.79 bits per heavy atom. The first-order valence-corrected chi connectivity index (χ1v) is 10.6. The van der Waals surface area contributed by atoms with E-state index < -0.39 is 5.54 Å². The molecule has 2 saturated carbocycles. The van der Waals surface area contributed by atoms with Gasteiger partial charge in [-0.05, 0) is 38.5 Å². The quantitative estimate of drug-likeness (QED) is 0.728. The van der Waals surface area contributed by atoms with Crippen molar-refractivity contribution in [1.82, 2.24) is 20.0 Å². The number of imide groups is 1. The Morgan fingerprint density at radius 1 is 1.07 bits per heavy atom. The van der Waals surface area contributed by atoms with Gasteiger partial charge in [-0.25, -0.2) is 4.79 Å². The third kappa shape index (κ3) is 3.37. The van der Waals surface area contributed by atoms with Gasteiger partial charge in [0.2, 0.25) is 11.8 Å². The van der Waals surface area contributed by atoms with E-state index in [2.05, 4.69) is 5.32 Å². The molecule has 0 aromatic heterocycles. The lowest BCUT2D eigenvalue weighted by Crippen LogP contribution is -2.51. The molecule has 28 heavy (non-hydrogen) atoms. The Labute approximate surface area is 165 Å². The van der Waals surface area contributed by atoms with Gasteiger partial charge in [0.25, 0.3) is 5.91 Å². The maximum absolute atomic E-state index is 13.1. The van der Waals surface area contributed by atoms with Gasteiger partial charge >= 0.3 is 6.03 Å². The summed E-state index contributed by atoms with van der Waals surface area (Å²) in [5.41, 5.74) is -0.760. The fourth-order valence-electron chi connectivity index (χ4n) is 4.87. The van der Waals surface area contributed by atoms with Gasteiger partial charge < -0.3 is 15.1 Å². The molecule has 4 rings (SSSR count). The number of amides is 5. The van der Waals surface area contributed by atoms with Crippen LogP contribution in [0.2, 0.25) is 0 Å². The number of rotatable bonds is 4. The Morgan fingerprint density at radius 3 is 2.46 bits per heavy atom. The molecule has 1 spiro atoms. The average Bonchev–Trinajstić information content (AvgIpc) is 3.52. The monoisotopic (exact) mass is 390 g/mol. The lowest BCUT2D eigenvalue weighted by molar-refractivity contribution is -0.142. The van der Waals surface area contributed by atoms with Gasteiger partial charge in [-0.3, -0.25) is 19.3 Å². The van der Waals surface area contributed by atoms with Crippen LogP contribution in [0, 0.1) is 5.92 Å². The Hall–Kier alpha value is -2.12. The molecule has 154 valence electrons. The van der Waals surface area contributed by atoms with E-state index in [0.29, 0.717) is 32.0 Å². The van der Waals surface area contributed by atoms with Crippen molar-refractivity contribution >= 4 is 23.8 Å². The second-order valence-electron chi connectivity index (χ2n) is 8.79. The highest BCUT2D eigenvalue weighted by molar-refractivity contribution is 6.09. The van der Waals surface area contributed by atoms with Crippen LogP contribution in [-0.2, 0) is 14.4 Å². The van der Waals surface area contributed by atoms with Gasteiger partial charge in [-0.15, -0.1) is 0 Å². The van der Waals surface area contributed by atoms with Crippen molar-refractivity contribution in [2.45, 2.75) is 69.4 Å². The minimum Gasteiger partial charge on any atom is -0.353 e. The molecule has 8 nitrogen and oxygen atoms in total. The Kier molecular flexibility index (Phi) is 5.05. The lowest BCUT2D eigenvalue weighted by atomic mass is 9.81. The highest BCUT2D eigenvalue weighted by Gasteiger charge is 2.56. The molecular weight excluding hydrogens is 360 g/mol. The summed E-state index contributed by atoms with van der Waals surface area (Å²) in [5, 5.41) is 3.01. The zero-order chi connectivity index (χ0) is 19.9. The van der Waals surface area contributed by atoms with Gasteiger partial charge in [0.1, 0.15) is 12.1 Å². The van der Waals surface area contributed by atoms with E-state index in [0.717, 1.165) is 49.8 Å². The van der Waals surface area contributed by atoms with Crippen LogP contribution >= 0.6 is 0 Å². The molecule has 0 aromatic carbocycles. The van der Waals surface area contributed by atoms with Crippen LogP contribution in [-0.4, -0.2) is 76.7 Å². The molecule has 2 aliphatic heterocycles. The van der Waals surface area contributed by atoms with Crippen LogP contribution in [0.1, 0.15) is 57.8 Å².